The minimum Gasteiger partial charge on any atom is -0.396 e. The molecule has 1 rings (SSSR count). The highest BCUT2D eigenvalue weighted by molar-refractivity contribution is 7.99. The Morgan fingerprint density at radius 2 is 1.87 bits per heavy atom. The van der Waals surface area contributed by atoms with E-state index in [1.165, 1.54) is 0 Å². The molecule has 0 aliphatic carbocycles. The van der Waals surface area contributed by atoms with Crippen LogP contribution >= 0.6 is 11.8 Å². The topological polar surface area (TPSA) is 90.8 Å². The second kappa shape index (κ2) is 6.41. The molecular formula is C8H13N3O3S. The van der Waals surface area contributed by atoms with Crippen molar-refractivity contribution >= 4 is 29.5 Å². The van der Waals surface area contributed by atoms with Crippen LogP contribution in [0.4, 0.5) is 0 Å². The smallest absolute Gasteiger partial charge is 0.316 e. The van der Waals surface area contributed by atoms with Crippen molar-refractivity contribution in [3.05, 3.63) is 0 Å². The maximum atomic E-state index is 10.7. The Bertz CT molecular complexity index is 262. The second-order valence-corrected chi connectivity index (χ2v) is 4.05. The fraction of sp³-hybridized carbons (Fsp3) is 0.625. The van der Waals surface area contributed by atoms with Gasteiger partial charge in [-0.3, -0.25) is 25.2 Å². The van der Waals surface area contributed by atoms with E-state index in [0.717, 1.165) is 17.9 Å². The summed E-state index contributed by atoms with van der Waals surface area (Å²) in [5.41, 5.74) is 0. The molecule has 84 valence electrons. The molecule has 0 aromatic rings. The Labute approximate surface area is 91.5 Å². The molecule has 2 amide bonds. The lowest BCUT2D eigenvalue weighted by molar-refractivity contribution is -0.135. The number of hydrogen-bond donors (Lipinski definition) is 3. The maximum Gasteiger partial charge on any atom is 0.316 e. The first kappa shape index (κ1) is 12.0. The summed E-state index contributed by atoms with van der Waals surface area (Å²) in [4.78, 5) is 25.4. The van der Waals surface area contributed by atoms with E-state index in [1.54, 1.807) is 11.8 Å². The number of aliphatic hydroxyl groups is 1. The minimum atomic E-state index is -0.665. The summed E-state index contributed by atoms with van der Waals surface area (Å²) in [7, 11) is 0. The van der Waals surface area contributed by atoms with Gasteiger partial charge in [-0.2, -0.15) is 11.8 Å². The molecular weight excluding hydrogens is 218 g/mol. The molecule has 0 spiro atoms. The monoisotopic (exact) mass is 231 g/mol. The molecule has 3 N–H and O–H groups in total. The molecule has 15 heavy (non-hydrogen) atoms. The van der Waals surface area contributed by atoms with Crippen LogP contribution < -0.4 is 10.6 Å². The highest BCUT2D eigenvalue weighted by Crippen LogP contribution is 2.01. The largest absolute Gasteiger partial charge is 0.396 e. The van der Waals surface area contributed by atoms with Crippen molar-refractivity contribution in [3.8, 4) is 0 Å². The molecule has 6 nitrogen and oxygen atoms in total. The first-order chi connectivity index (χ1) is 7.24. The van der Waals surface area contributed by atoms with Crippen molar-refractivity contribution in [3.63, 3.8) is 0 Å². The van der Waals surface area contributed by atoms with Crippen LogP contribution in [0.1, 0.15) is 6.42 Å². The molecule has 7 heteroatoms. The number of carbonyl (C=O) groups is 2. The number of thioether (sulfide) groups is 1. The Kier molecular flexibility index (Phi) is 5.13. The van der Waals surface area contributed by atoms with E-state index in [4.69, 9.17) is 5.11 Å². The second-order valence-electron chi connectivity index (χ2n) is 2.83. The van der Waals surface area contributed by atoms with E-state index in [9.17, 15) is 9.59 Å². The number of nitrogens with zero attached hydrogens (tertiary/aromatic N) is 1. The molecule has 0 aromatic heterocycles. The molecule has 0 radical (unpaired) electrons. The fourth-order valence-corrected chi connectivity index (χ4v) is 1.69. The van der Waals surface area contributed by atoms with Crippen LogP contribution in [-0.4, -0.2) is 47.5 Å². The average Bonchev–Trinajstić information content (AvgIpc) is 2.52. The van der Waals surface area contributed by atoms with Crippen molar-refractivity contribution in [2.75, 3.05) is 24.7 Å². The van der Waals surface area contributed by atoms with E-state index in [1.807, 2.05) is 0 Å². The van der Waals surface area contributed by atoms with Gasteiger partial charge < -0.3 is 5.11 Å². The Morgan fingerprint density at radius 1 is 1.20 bits per heavy atom. The van der Waals surface area contributed by atoms with Gasteiger partial charge in [0, 0.05) is 12.4 Å². The SMILES string of the molecule is O=C1NC(=NCCSCCCO)NC1=O. The number of carbonyl (C=O) groups excluding carboxylic acids is 2. The van der Waals surface area contributed by atoms with E-state index >= 15 is 0 Å². The third-order valence-corrected chi connectivity index (χ3v) is 2.67. The van der Waals surface area contributed by atoms with Crippen LogP contribution in [0, 0.1) is 0 Å². The first-order valence-corrected chi connectivity index (χ1v) is 5.75. The van der Waals surface area contributed by atoms with Gasteiger partial charge in [-0.15, -0.1) is 0 Å². The maximum absolute atomic E-state index is 10.7. The van der Waals surface area contributed by atoms with Crippen molar-refractivity contribution in [1.82, 2.24) is 10.6 Å². The summed E-state index contributed by atoms with van der Waals surface area (Å²) in [6.45, 7) is 0.736. The van der Waals surface area contributed by atoms with Gasteiger partial charge in [0.15, 0.2) is 0 Å². The number of aliphatic hydroxyl groups excluding tert-OH is 1. The molecule has 0 saturated carbocycles. The summed E-state index contributed by atoms with van der Waals surface area (Å²) in [6.07, 6.45) is 0.773. The van der Waals surface area contributed by atoms with Gasteiger partial charge in [-0.05, 0) is 12.2 Å². The number of guanidine groups is 1. The van der Waals surface area contributed by atoms with Gasteiger partial charge in [0.2, 0.25) is 5.96 Å². The standard InChI is InChI=1S/C8H13N3O3S/c12-3-1-4-15-5-2-9-8-10-6(13)7(14)11-8/h12H,1-5H2,(H2,9,10,11,13,14). The Morgan fingerprint density at radius 3 is 2.47 bits per heavy atom. The zero-order valence-corrected chi connectivity index (χ0v) is 8.97. The molecule has 0 aromatic carbocycles. The van der Waals surface area contributed by atoms with Gasteiger partial charge >= 0.3 is 11.8 Å². The minimum absolute atomic E-state index is 0.202. The first-order valence-electron chi connectivity index (χ1n) is 4.59. The Hall–Kier alpha value is -1.08. The number of rotatable bonds is 6. The number of hydrogen-bond acceptors (Lipinski definition) is 5. The summed E-state index contributed by atoms with van der Waals surface area (Å²) < 4.78 is 0. The molecule has 1 aliphatic heterocycles. The van der Waals surface area contributed by atoms with Gasteiger partial charge in [0.1, 0.15) is 0 Å². The zero-order valence-electron chi connectivity index (χ0n) is 8.15. The molecule has 0 bridgehead atoms. The van der Waals surface area contributed by atoms with Gasteiger partial charge in [0.25, 0.3) is 0 Å². The predicted octanol–water partition coefficient (Wildman–Crippen LogP) is -1.30. The zero-order chi connectivity index (χ0) is 11.1. The molecule has 0 atom stereocenters. The van der Waals surface area contributed by atoms with Crippen LogP contribution in [0.5, 0.6) is 0 Å². The van der Waals surface area contributed by atoms with E-state index < -0.39 is 11.8 Å². The highest BCUT2D eigenvalue weighted by Gasteiger charge is 2.24. The quantitative estimate of drug-likeness (QED) is 0.391. The molecule has 1 fully saturated rings. The molecule has 1 aliphatic rings. The third kappa shape index (κ3) is 4.30. The van der Waals surface area contributed by atoms with Crippen LogP contribution in [0.15, 0.2) is 4.99 Å². The van der Waals surface area contributed by atoms with Crippen molar-refractivity contribution < 1.29 is 14.7 Å². The summed E-state index contributed by atoms with van der Waals surface area (Å²) in [5.74, 6) is 0.589. The van der Waals surface area contributed by atoms with Crippen LogP contribution in [0.25, 0.3) is 0 Å². The average molecular weight is 231 g/mol. The number of nitrogens with one attached hydrogen (secondary N) is 2. The van der Waals surface area contributed by atoms with Crippen molar-refractivity contribution in [2.24, 2.45) is 4.99 Å². The van der Waals surface area contributed by atoms with Crippen molar-refractivity contribution in [2.45, 2.75) is 6.42 Å². The van der Waals surface area contributed by atoms with E-state index in [2.05, 4.69) is 15.6 Å². The summed E-state index contributed by atoms with van der Waals surface area (Å²) in [5, 5.41) is 13.1. The number of aliphatic imine (C=N–C) groups is 1. The number of amides is 2. The van der Waals surface area contributed by atoms with E-state index in [-0.39, 0.29) is 12.6 Å². The Balaban J connectivity index is 2.11. The normalized spacial score (nSPS) is 15.1. The van der Waals surface area contributed by atoms with Gasteiger partial charge in [-0.1, -0.05) is 0 Å². The lowest BCUT2D eigenvalue weighted by Gasteiger charge is -1.98. The van der Waals surface area contributed by atoms with Crippen LogP contribution in [0.2, 0.25) is 0 Å². The van der Waals surface area contributed by atoms with E-state index in [0.29, 0.717) is 6.54 Å². The predicted molar refractivity (Wildman–Crippen MR) is 57.6 cm³/mol. The fourth-order valence-electron chi connectivity index (χ4n) is 0.930. The van der Waals surface area contributed by atoms with Gasteiger partial charge in [-0.25, -0.2) is 0 Å². The third-order valence-electron chi connectivity index (χ3n) is 1.62. The molecule has 1 heterocycles. The summed E-state index contributed by atoms with van der Waals surface area (Å²) in [6, 6.07) is 0. The molecule has 0 unspecified atom stereocenters. The lowest BCUT2D eigenvalue weighted by atomic mass is 10.5. The lowest BCUT2D eigenvalue weighted by Crippen LogP contribution is -2.26. The molecule has 1 saturated heterocycles. The van der Waals surface area contributed by atoms with Gasteiger partial charge in [0.05, 0.1) is 6.54 Å². The van der Waals surface area contributed by atoms with Crippen LogP contribution in [-0.2, 0) is 9.59 Å². The summed E-state index contributed by atoms with van der Waals surface area (Å²) >= 11 is 1.67. The van der Waals surface area contributed by atoms with Crippen LogP contribution in [0.3, 0.4) is 0 Å². The highest BCUT2D eigenvalue weighted by atomic mass is 32.2. The van der Waals surface area contributed by atoms with Crippen molar-refractivity contribution in [1.29, 1.82) is 0 Å².